The largest absolute Gasteiger partial charge is 0.481 e. The van der Waals surface area contributed by atoms with Crippen LogP contribution in [-0.4, -0.2) is 66.2 Å². The van der Waals surface area contributed by atoms with Crippen molar-refractivity contribution in [3.63, 3.8) is 0 Å². The van der Waals surface area contributed by atoms with Gasteiger partial charge in [-0.2, -0.15) is 13.2 Å². The third-order valence-electron chi connectivity index (χ3n) is 2.67. The zero-order chi connectivity index (χ0) is 13.1. The van der Waals surface area contributed by atoms with Gasteiger partial charge in [-0.05, 0) is 0 Å². The number of halogens is 3. The molecule has 0 spiro atoms. The predicted octanol–water partition coefficient (Wildman–Crippen LogP) is -0.0574. The van der Waals surface area contributed by atoms with E-state index in [0.29, 0.717) is 0 Å². The lowest BCUT2D eigenvalue weighted by Crippen LogP contribution is -2.52. The summed E-state index contributed by atoms with van der Waals surface area (Å²) in [6.07, 6.45) is -4.79. The first kappa shape index (κ1) is 14.2. The van der Waals surface area contributed by atoms with E-state index in [2.05, 4.69) is 0 Å². The van der Waals surface area contributed by atoms with E-state index in [-0.39, 0.29) is 26.4 Å². The molecule has 2 N–H and O–H groups in total. The predicted molar refractivity (Wildman–Crippen MR) is 50.4 cm³/mol. The number of ether oxygens (including phenoxy) is 1. The number of carboxylic acids is 1. The van der Waals surface area contributed by atoms with E-state index in [1.54, 1.807) is 0 Å². The summed E-state index contributed by atoms with van der Waals surface area (Å²) in [4.78, 5) is 11.9. The van der Waals surface area contributed by atoms with E-state index in [1.165, 1.54) is 4.90 Å². The molecule has 0 aromatic rings. The Hall–Kier alpha value is -0.860. The van der Waals surface area contributed by atoms with Crippen LogP contribution < -0.4 is 0 Å². The molecule has 2 unspecified atom stereocenters. The molecule has 1 fully saturated rings. The van der Waals surface area contributed by atoms with Crippen LogP contribution in [0.5, 0.6) is 0 Å². The van der Waals surface area contributed by atoms with Crippen molar-refractivity contribution < 1.29 is 32.9 Å². The van der Waals surface area contributed by atoms with Crippen LogP contribution in [0.2, 0.25) is 0 Å². The van der Waals surface area contributed by atoms with Crippen molar-refractivity contribution in [1.82, 2.24) is 4.90 Å². The molecule has 0 aliphatic carbocycles. The minimum Gasteiger partial charge on any atom is -0.481 e. The van der Waals surface area contributed by atoms with Crippen molar-refractivity contribution in [3.05, 3.63) is 0 Å². The van der Waals surface area contributed by atoms with Gasteiger partial charge >= 0.3 is 12.1 Å². The average Bonchev–Trinajstić information content (AvgIpc) is 2.24. The lowest BCUT2D eigenvalue weighted by atomic mass is 10.1. The zero-order valence-corrected chi connectivity index (χ0v) is 8.98. The highest BCUT2D eigenvalue weighted by atomic mass is 19.4. The number of morpholine rings is 1. The molecule has 0 saturated carbocycles. The second-order valence-electron chi connectivity index (χ2n) is 3.84. The molecule has 1 aliphatic rings. The SMILES string of the molecule is O=C(O)C(CN1CCOCC1CO)C(F)(F)F. The second-order valence-corrected chi connectivity index (χ2v) is 3.84. The number of nitrogens with zero attached hydrogens (tertiary/aromatic N) is 1. The summed E-state index contributed by atoms with van der Waals surface area (Å²) in [6.45, 7) is -0.482. The highest BCUT2D eigenvalue weighted by Crippen LogP contribution is 2.28. The monoisotopic (exact) mass is 257 g/mol. The number of rotatable bonds is 4. The number of hydrogen-bond acceptors (Lipinski definition) is 4. The molecule has 1 aliphatic heterocycles. The fourth-order valence-corrected chi connectivity index (χ4v) is 1.65. The molecule has 0 amide bonds. The van der Waals surface area contributed by atoms with Crippen LogP contribution in [0.25, 0.3) is 0 Å². The van der Waals surface area contributed by atoms with Gasteiger partial charge in [0, 0.05) is 13.1 Å². The Morgan fingerprint density at radius 3 is 2.65 bits per heavy atom. The first-order chi connectivity index (χ1) is 7.86. The van der Waals surface area contributed by atoms with Gasteiger partial charge in [-0.25, -0.2) is 0 Å². The van der Waals surface area contributed by atoms with Crippen molar-refractivity contribution in [2.24, 2.45) is 5.92 Å². The third-order valence-corrected chi connectivity index (χ3v) is 2.67. The van der Waals surface area contributed by atoms with Gasteiger partial charge in [-0.3, -0.25) is 9.69 Å². The van der Waals surface area contributed by atoms with Crippen LogP contribution in [0.1, 0.15) is 0 Å². The van der Waals surface area contributed by atoms with Crippen molar-refractivity contribution in [3.8, 4) is 0 Å². The van der Waals surface area contributed by atoms with Crippen LogP contribution in [0.15, 0.2) is 0 Å². The topological polar surface area (TPSA) is 70.0 Å². The van der Waals surface area contributed by atoms with Gasteiger partial charge in [-0.15, -0.1) is 0 Å². The average molecular weight is 257 g/mol. The molecule has 1 saturated heterocycles. The van der Waals surface area contributed by atoms with E-state index in [1.807, 2.05) is 0 Å². The minimum absolute atomic E-state index is 0.112. The molecule has 17 heavy (non-hydrogen) atoms. The Balaban J connectivity index is 2.68. The van der Waals surface area contributed by atoms with Gasteiger partial charge in [0.25, 0.3) is 0 Å². The van der Waals surface area contributed by atoms with Crippen LogP contribution in [-0.2, 0) is 9.53 Å². The molecule has 100 valence electrons. The summed E-state index contributed by atoms with van der Waals surface area (Å²) in [5.41, 5.74) is 0. The Bertz CT molecular complexity index is 271. The highest BCUT2D eigenvalue weighted by molar-refractivity contribution is 5.71. The van der Waals surface area contributed by atoms with Gasteiger partial charge in [0.05, 0.1) is 25.9 Å². The van der Waals surface area contributed by atoms with E-state index in [4.69, 9.17) is 14.9 Å². The molecule has 5 nitrogen and oxygen atoms in total. The quantitative estimate of drug-likeness (QED) is 0.738. The Labute approximate surface area is 95.8 Å². The standard InChI is InChI=1S/C9H14F3NO4/c10-9(11,12)7(8(15)16)3-13-1-2-17-5-6(13)4-14/h6-7,14H,1-5H2,(H,15,16). The van der Waals surface area contributed by atoms with Crippen LogP contribution in [0.3, 0.4) is 0 Å². The summed E-state index contributed by atoms with van der Waals surface area (Å²) in [7, 11) is 0. The van der Waals surface area contributed by atoms with Crippen molar-refractivity contribution in [2.45, 2.75) is 12.2 Å². The van der Waals surface area contributed by atoms with Gasteiger partial charge < -0.3 is 14.9 Å². The number of aliphatic hydroxyl groups is 1. The molecule has 8 heteroatoms. The third kappa shape index (κ3) is 3.83. The lowest BCUT2D eigenvalue weighted by Gasteiger charge is -2.36. The summed E-state index contributed by atoms with van der Waals surface area (Å²) < 4.78 is 42.4. The van der Waals surface area contributed by atoms with Gasteiger partial charge in [0.15, 0.2) is 5.92 Å². The first-order valence-electron chi connectivity index (χ1n) is 5.08. The Morgan fingerprint density at radius 2 is 2.18 bits per heavy atom. The van der Waals surface area contributed by atoms with Crippen LogP contribution in [0, 0.1) is 5.92 Å². The smallest absolute Gasteiger partial charge is 0.403 e. The first-order valence-corrected chi connectivity index (χ1v) is 5.08. The maximum atomic E-state index is 12.5. The summed E-state index contributed by atoms with van der Waals surface area (Å²) in [6, 6.07) is -0.576. The minimum atomic E-state index is -4.79. The fraction of sp³-hybridized carbons (Fsp3) is 0.889. The van der Waals surface area contributed by atoms with Crippen molar-refractivity contribution >= 4 is 5.97 Å². The summed E-state index contributed by atoms with van der Waals surface area (Å²) in [5.74, 6) is -4.34. The number of aliphatic carboxylic acids is 1. The van der Waals surface area contributed by atoms with Crippen molar-refractivity contribution in [2.75, 3.05) is 32.9 Å². The van der Waals surface area contributed by atoms with E-state index >= 15 is 0 Å². The maximum absolute atomic E-state index is 12.5. The highest BCUT2D eigenvalue weighted by Gasteiger charge is 2.46. The maximum Gasteiger partial charge on any atom is 0.403 e. The van der Waals surface area contributed by atoms with Gasteiger partial charge in [-0.1, -0.05) is 0 Å². The molecule has 0 bridgehead atoms. The number of carbonyl (C=O) groups is 1. The molecular formula is C9H14F3NO4. The fourth-order valence-electron chi connectivity index (χ4n) is 1.65. The molecule has 1 rings (SSSR count). The molecular weight excluding hydrogens is 243 g/mol. The second kappa shape index (κ2) is 5.65. The van der Waals surface area contributed by atoms with E-state index < -0.39 is 30.7 Å². The normalized spacial score (nSPS) is 24.6. The number of hydrogen-bond donors (Lipinski definition) is 2. The summed E-state index contributed by atoms with van der Waals surface area (Å²) >= 11 is 0. The van der Waals surface area contributed by atoms with Gasteiger partial charge in [0.1, 0.15) is 0 Å². The zero-order valence-electron chi connectivity index (χ0n) is 8.98. The number of aliphatic hydroxyl groups excluding tert-OH is 1. The van der Waals surface area contributed by atoms with Crippen LogP contribution in [0.4, 0.5) is 13.2 Å². The molecule has 2 atom stereocenters. The molecule has 0 aromatic carbocycles. The summed E-state index contributed by atoms with van der Waals surface area (Å²) in [5, 5.41) is 17.5. The Kier molecular flexibility index (Phi) is 4.72. The van der Waals surface area contributed by atoms with E-state index in [9.17, 15) is 18.0 Å². The number of carboxylic acid groups (broad SMARTS) is 1. The van der Waals surface area contributed by atoms with E-state index in [0.717, 1.165) is 0 Å². The van der Waals surface area contributed by atoms with Gasteiger partial charge in [0.2, 0.25) is 0 Å². The number of alkyl halides is 3. The lowest BCUT2D eigenvalue weighted by molar-refractivity contribution is -0.200. The molecule has 0 aromatic heterocycles. The Morgan fingerprint density at radius 1 is 1.53 bits per heavy atom. The molecule has 0 radical (unpaired) electrons. The van der Waals surface area contributed by atoms with Crippen LogP contribution >= 0.6 is 0 Å². The molecule has 1 heterocycles. The van der Waals surface area contributed by atoms with Crippen molar-refractivity contribution in [1.29, 1.82) is 0 Å².